The van der Waals surface area contributed by atoms with Crippen molar-refractivity contribution in [3.05, 3.63) is 11.1 Å². The molecule has 0 aliphatic heterocycles. The topological polar surface area (TPSA) is 17.1 Å². The molecule has 0 N–H and O–H groups in total. The van der Waals surface area contributed by atoms with Crippen molar-refractivity contribution in [3.8, 4) is 0 Å². The molecule has 0 radical (unpaired) electrons. The molecule has 0 aromatic carbocycles. The number of Topliss-reactive ketones (excluding diaryl/α,β-unsaturated/α-hetero) is 1. The number of fused-ring (bicyclic) bond motifs is 2. The lowest BCUT2D eigenvalue weighted by molar-refractivity contribution is -0.127. The summed E-state index contributed by atoms with van der Waals surface area (Å²) >= 11 is 0. The van der Waals surface area contributed by atoms with Gasteiger partial charge in [0, 0.05) is 6.42 Å². The van der Waals surface area contributed by atoms with Crippen LogP contribution in [0.5, 0.6) is 0 Å². The quantitative estimate of drug-likeness (QED) is 0.553. The van der Waals surface area contributed by atoms with Gasteiger partial charge in [-0.25, -0.2) is 0 Å². The van der Waals surface area contributed by atoms with Gasteiger partial charge in [0.2, 0.25) is 0 Å². The second kappa shape index (κ2) is 2.39. The number of carbonyl (C=O) groups excluding carboxylic acids is 1. The zero-order chi connectivity index (χ0) is 11.0. The summed E-state index contributed by atoms with van der Waals surface area (Å²) in [7, 11) is 0. The molecule has 82 valence electrons. The lowest BCUT2D eigenvalue weighted by atomic mass is 9.61. The van der Waals surface area contributed by atoms with Gasteiger partial charge < -0.3 is 0 Å². The highest BCUT2D eigenvalue weighted by molar-refractivity contribution is 5.94. The summed E-state index contributed by atoms with van der Waals surface area (Å²) in [4.78, 5) is 12.2. The standard InChI is InChI=1S/C14H20O/c1-8(2)10-11-12(13(11,3)4)14(10)7-5-6-9(14)15/h11-12H,5-7H2,1-4H3/t11-,12+,14+/m1/s1. The first-order valence-electron chi connectivity index (χ1n) is 6.15. The van der Waals surface area contributed by atoms with Gasteiger partial charge in [-0.15, -0.1) is 0 Å². The number of rotatable bonds is 0. The van der Waals surface area contributed by atoms with E-state index in [1.165, 1.54) is 11.1 Å². The van der Waals surface area contributed by atoms with E-state index in [2.05, 4.69) is 27.7 Å². The van der Waals surface area contributed by atoms with E-state index in [-0.39, 0.29) is 5.41 Å². The summed E-state index contributed by atoms with van der Waals surface area (Å²) in [6.07, 6.45) is 3.09. The molecule has 15 heavy (non-hydrogen) atoms. The van der Waals surface area contributed by atoms with Crippen LogP contribution in [0.15, 0.2) is 11.1 Å². The highest BCUT2D eigenvalue weighted by atomic mass is 16.1. The Morgan fingerprint density at radius 1 is 1.33 bits per heavy atom. The van der Waals surface area contributed by atoms with E-state index in [0.29, 0.717) is 17.1 Å². The first-order chi connectivity index (χ1) is 6.94. The lowest BCUT2D eigenvalue weighted by Crippen LogP contribution is -2.40. The molecule has 0 bridgehead atoms. The number of hydrogen-bond acceptors (Lipinski definition) is 1. The Morgan fingerprint density at radius 2 is 2.00 bits per heavy atom. The van der Waals surface area contributed by atoms with Gasteiger partial charge in [0.1, 0.15) is 5.78 Å². The molecule has 0 unspecified atom stereocenters. The molecule has 3 aliphatic rings. The number of allylic oxidation sites excluding steroid dienone is 2. The van der Waals surface area contributed by atoms with Gasteiger partial charge in [-0.2, -0.15) is 0 Å². The number of ketones is 1. The van der Waals surface area contributed by atoms with E-state index in [0.717, 1.165) is 25.2 Å². The number of carbonyl (C=O) groups is 1. The highest BCUT2D eigenvalue weighted by Gasteiger charge is 2.81. The monoisotopic (exact) mass is 204 g/mol. The van der Waals surface area contributed by atoms with E-state index in [1.807, 2.05) is 0 Å². The van der Waals surface area contributed by atoms with Crippen LogP contribution >= 0.6 is 0 Å². The second-order valence-electron chi connectivity index (χ2n) is 6.44. The van der Waals surface area contributed by atoms with Crippen molar-refractivity contribution in [1.82, 2.24) is 0 Å². The third kappa shape index (κ3) is 0.811. The maximum Gasteiger partial charge on any atom is 0.143 e. The Morgan fingerprint density at radius 3 is 2.47 bits per heavy atom. The highest BCUT2D eigenvalue weighted by Crippen LogP contribution is 2.84. The lowest BCUT2D eigenvalue weighted by Gasteiger charge is -2.40. The Balaban J connectivity index is 2.11. The van der Waals surface area contributed by atoms with Crippen molar-refractivity contribution in [2.45, 2.75) is 47.0 Å². The molecule has 3 rings (SSSR count). The van der Waals surface area contributed by atoms with Gasteiger partial charge in [-0.05, 0) is 43.9 Å². The minimum absolute atomic E-state index is 0.0208. The molecule has 1 spiro atoms. The fourth-order valence-corrected chi connectivity index (χ4v) is 4.71. The molecule has 0 aromatic heterocycles. The third-order valence-corrected chi connectivity index (χ3v) is 5.16. The minimum Gasteiger partial charge on any atom is -0.299 e. The summed E-state index contributed by atoms with van der Waals surface area (Å²) in [5, 5.41) is 0. The average molecular weight is 204 g/mol. The van der Waals surface area contributed by atoms with Crippen molar-refractivity contribution >= 4 is 5.78 Å². The first kappa shape index (κ1) is 9.62. The molecule has 3 saturated carbocycles. The van der Waals surface area contributed by atoms with E-state index < -0.39 is 0 Å². The van der Waals surface area contributed by atoms with Gasteiger partial charge in [0.15, 0.2) is 0 Å². The summed E-state index contributed by atoms with van der Waals surface area (Å²) in [5.41, 5.74) is 3.37. The van der Waals surface area contributed by atoms with Crippen LogP contribution in [0.4, 0.5) is 0 Å². The molecule has 3 aliphatic carbocycles. The normalized spacial score (nSPS) is 45.3. The molecule has 0 saturated heterocycles. The molecule has 0 heterocycles. The minimum atomic E-state index is 0.0208. The predicted molar refractivity (Wildman–Crippen MR) is 60.4 cm³/mol. The average Bonchev–Trinajstić information content (AvgIpc) is 2.41. The first-order valence-corrected chi connectivity index (χ1v) is 6.15. The van der Waals surface area contributed by atoms with E-state index >= 15 is 0 Å². The second-order valence-corrected chi connectivity index (χ2v) is 6.44. The number of hydrogen-bond donors (Lipinski definition) is 0. The molecule has 0 amide bonds. The largest absolute Gasteiger partial charge is 0.299 e. The zero-order valence-electron chi connectivity index (χ0n) is 10.2. The van der Waals surface area contributed by atoms with Crippen LogP contribution in [0.1, 0.15) is 47.0 Å². The third-order valence-electron chi connectivity index (χ3n) is 5.16. The maximum absolute atomic E-state index is 12.2. The Hall–Kier alpha value is -0.590. The van der Waals surface area contributed by atoms with Crippen molar-refractivity contribution in [3.63, 3.8) is 0 Å². The van der Waals surface area contributed by atoms with Crippen LogP contribution in [-0.2, 0) is 4.79 Å². The van der Waals surface area contributed by atoms with Gasteiger partial charge in [-0.3, -0.25) is 4.79 Å². The summed E-state index contributed by atoms with van der Waals surface area (Å²) in [5.74, 6) is 1.97. The van der Waals surface area contributed by atoms with Crippen LogP contribution in [0.25, 0.3) is 0 Å². The molecular weight excluding hydrogens is 184 g/mol. The zero-order valence-corrected chi connectivity index (χ0v) is 10.2. The molecule has 1 heteroatoms. The van der Waals surface area contributed by atoms with Crippen molar-refractivity contribution in [2.24, 2.45) is 22.7 Å². The van der Waals surface area contributed by atoms with Gasteiger partial charge >= 0.3 is 0 Å². The fourth-order valence-electron chi connectivity index (χ4n) is 4.71. The van der Waals surface area contributed by atoms with E-state index in [9.17, 15) is 4.79 Å². The van der Waals surface area contributed by atoms with Gasteiger partial charge in [0.25, 0.3) is 0 Å². The van der Waals surface area contributed by atoms with Gasteiger partial charge in [-0.1, -0.05) is 25.0 Å². The summed E-state index contributed by atoms with van der Waals surface area (Å²) in [6, 6.07) is 0. The van der Waals surface area contributed by atoms with Crippen LogP contribution in [0.3, 0.4) is 0 Å². The fraction of sp³-hybridized carbons (Fsp3) is 0.786. The molecule has 3 atom stereocenters. The Labute approximate surface area is 91.9 Å². The summed E-state index contributed by atoms with van der Waals surface area (Å²) in [6.45, 7) is 9.05. The SMILES string of the molecule is CC(C)=C1[C@@H]2[C@@H](C2(C)C)[C@]12CCCC2=O. The van der Waals surface area contributed by atoms with E-state index in [1.54, 1.807) is 0 Å². The van der Waals surface area contributed by atoms with Crippen LogP contribution in [-0.4, -0.2) is 5.78 Å². The molecular formula is C14H20O. The Bertz CT molecular complexity index is 384. The molecule has 0 aromatic rings. The van der Waals surface area contributed by atoms with Crippen LogP contribution < -0.4 is 0 Å². The summed E-state index contributed by atoms with van der Waals surface area (Å²) < 4.78 is 0. The molecule has 3 fully saturated rings. The van der Waals surface area contributed by atoms with E-state index in [4.69, 9.17) is 0 Å². The van der Waals surface area contributed by atoms with Crippen LogP contribution in [0, 0.1) is 22.7 Å². The van der Waals surface area contributed by atoms with Crippen molar-refractivity contribution in [2.75, 3.05) is 0 Å². The predicted octanol–water partition coefficient (Wildman–Crippen LogP) is 3.35. The Kier molecular flexibility index (Phi) is 1.53. The molecule has 1 nitrogen and oxygen atoms in total. The van der Waals surface area contributed by atoms with Gasteiger partial charge in [0.05, 0.1) is 5.41 Å². The maximum atomic E-state index is 12.2. The smallest absolute Gasteiger partial charge is 0.143 e. The van der Waals surface area contributed by atoms with Crippen molar-refractivity contribution < 1.29 is 4.79 Å². The van der Waals surface area contributed by atoms with Crippen molar-refractivity contribution in [1.29, 1.82) is 0 Å². The van der Waals surface area contributed by atoms with Crippen LogP contribution in [0.2, 0.25) is 0 Å².